The molecule has 2 heterocycles. The molecule has 0 unspecified atom stereocenters. The molecule has 8 heteroatoms. The minimum Gasteiger partial charge on any atom is -0.382 e. The fourth-order valence-corrected chi connectivity index (χ4v) is 3.84. The highest BCUT2D eigenvalue weighted by Gasteiger charge is 2.20. The molecule has 3 rings (SSSR count). The van der Waals surface area contributed by atoms with Gasteiger partial charge >= 0.3 is 0 Å². The van der Waals surface area contributed by atoms with Crippen molar-refractivity contribution < 1.29 is 0 Å². The van der Waals surface area contributed by atoms with E-state index >= 15 is 0 Å². The second-order valence-corrected chi connectivity index (χ2v) is 6.93. The molecule has 1 saturated heterocycles. The maximum Gasteiger partial charge on any atom is 0.222 e. The normalized spacial score (nSPS) is 15.2. The second kappa shape index (κ2) is 6.29. The van der Waals surface area contributed by atoms with Crippen LogP contribution in [0.2, 0.25) is 0 Å². The standard InChI is InChI=1S/C14H16Br2N6/c15-9-5-10(16)7-11(6-9)21-1-3-22(4-2-21)12-8-19-14(18)20-13(12)17/h5-8H,1-4H2,(H4,17,18,19,20). The molecule has 0 atom stereocenters. The van der Waals surface area contributed by atoms with Crippen LogP contribution in [0.5, 0.6) is 0 Å². The Morgan fingerprint density at radius 3 is 2.09 bits per heavy atom. The molecule has 116 valence electrons. The van der Waals surface area contributed by atoms with Crippen molar-refractivity contribution in [3.63, 3.8) is 0 Å². The first-order valence-corrected chi connectivity index (χ1v) is 8.45. The molecule has 2 aromatic rings. The van der Waals surface area contributed by atoms with Crippen molar-refractivity contribution >= 4 is 55.0 Å². The molecule has 1 fully saturated rings. The third-order valence-corrected chi connectivity index (χ3v) is 4.57. The second-order valence-electron chi connectivity index (χ2n) is 5.10. The van der Waals surface area contributed by atoms with Crippen LogP contribution in [0.1, 0.15) is 0 Å². The van der Waals surface area contributed by atoms with E-state index in [1.807, 2.05) is 6.07 Å². The van der Waals surface area contributed by atoms with E-state index in [4.69, 9.17) is 11.5 Å². The van der Waals surface area contributed by atoms with Gasteiger partial charge in [0.25, 0.3) is 0 Å². The van der Waals surface area contributed by atoms with E-state index in [-0.39, 0.29) is 5.95 Å². The molecule has 1 aromatic carbocycles. The number of hydrogen-bond acceptors (Lipinski definition) is 6. The summed E-state index contributed by atoms with van der Waals surface area (Å²) in [7, 11) is 0. The number of anilines is 4. The van der Waals surface area contributed by atoms with Crippen molar-refractivity contribution in [2.45, 2.75) is 0 Å². The average Bonchev–Trinajstić information content (AvgIpc) is 2.46. The van der Waals surface area contributed by atoms with Gasteiger partial charge in [0.2, 0.25) is 5.95 Å². The molecule has 0 spiro atoms. The summed E-state index contributed by atoms with van der Waals surface area (Å²) in [5.41, 5.74) is 13.5. The lowest BCUT2D eigenvalue weighted by molar-refractivity contribution is 0.652. The predicted octanol–water partition coefficient (Wildman–Crippen LogP) is 2.49. The van der Waals surface area contributed by atoms with Crippen LogP contribution >= 0.6 is 31.9 Å². The zero-order chi connectivity index (χ0) is 15.7. The first-order chi connectivity index (χ1) is 10.5. The molecule has 0 aliphatic carbocycles. The van der Waals surface area contributed by atoms with E-state index in [1.165, 1.54) is 5.69 Å². The maximum atomic E-state index is 5.94. The van der Waals surface area contributed by atoms with Crippen LogP contribution in [0.3, 0.4) is 0 Å². The Morgan fingerprint density at radius 2 is 1.50 bits per heavy atom. The Hall–Kier alpha value is -1.54. The summed E-state index contributed by atoms with van der Waals surface area (Å²) in [5, 5.41) is 0. The SMILES string of the molecule is Nc1ncc(N2CCN(c3cc(Br)cc(Br)c3)CC2)c(N)n1. The first-order valence-electron chi connectivity index (χ1n) is 6.87. The van der Waals surface area contributed by atoms with E-state index in [0.717, 1.165) is 40.8 Å². The minimum atomic E-state index is 0.207. The quantitative estimate of drug-likeness (QED) is 0.765. The van der Waals surface area contributed by atoms with Gasteiger partial charge in [0.15, 0.2) is 5.82 Å². The van der Waals surface area contributed by atoms with E-state index in [2.05, 4.69) is 63.8 Å². The van der Waals surface area contributed by atoms with Crippen molar-refractivity contribution in [3.05, 3.63) is 33.3 Å². The predicted molar refractivity (Wildman–Crippen MR) is 97.1 cm³/mol. The zero-order valence-electron chi connectivity index (χ0n) is 11.8. The number of benzene rings is 1. The van der Waals surface area contributed by atoms with Gasteiger partial charge in [-0.3, -0.25) is 0 Å². The van der Waals surface area contributed by atoms with E-state index in [9.17, 15) is 0 Å². The summed E-state index contributed by atoms with van der Waals surface area (Å²) in [6.45, 7) is 3.54. The molecule has 1 aromatic heterocycles. The lowest BCUT2D eigenvalue weighted by atomic mass is 10.2. The van der Waals surface area contributed by atoms with Gasteiger partial charge in [0.1, 0.15) is 0 Å². The summed E-state index contributed by atoms with van der Waals surface area (Å²) in [6, 6.07) is 6.29. The molecule has 0 radical (unpaired) electrons. The number of aromatic nitrogens is 2. The summed E-state index contributed by atoms with van der Waals surface area (Å²) in [6.07, 6.45) is 1.70. The van der Waals surface area contributed by atoms with Gasteiger partial charge in [-0.2, -0.15) is 4.98 Å². The molecule has 0 bridgehead atoms. The van der Waals surface area contributed by atoms with Crippen molar-refractivity contribution in [1.82, 2.24) is 9.97 Å². The summed E-state index contributed by atoms with van der Waals surface area (Å²) in [4.78, 5) is 12.6. The first kappa shape index (κ1) is 15.4. The minimum absolute atomic E-state index is 0.207. The average molecular weight is 428 g/mol. The number of nitrogen functional groups attached to an aromatic ring is 2. The third kappa shape index (κ3) is 3.27. The van der Waals surface area contributed by atoms with Gasteiger partial charge in [-0.15, -0.1) is 0 Å². The van der Waals surface area contributed by atoms with Gasteiger partial charge in [-0.25, -0.2) is 4.98 Å². The molecule has 1 aliphatic heterocycles. The number of hydrogen-bond donors (Lipinski definition) is 2. The Balaban J connectivity index is 1.72. The van der Waals surface area contributed by atoms with Crippen LogP contribution in [-0.2, 0) is 0 Å². The number of nitrogens with two attached hydrogens (primary N) is 2. The van der Waals surface area contributed by atoms with Crippen LogP contribution in [0.25, 0.3) is 0 Å². The number of halogens is 2. The molecule has 0 saturated carbocycles. The molecule has 0 amide bonds. The number of piperazine rings is 1. The van der Waals surface area contributed by atoms with Crippen LogP contribution in [-0.4, -0.2) is 36.1 Å². The largest absolute Gasteiger partial charge is 0.382 e. The van der Waals surface area contributed by atoms with Gasteiger partial charge in [0, 0.05) is 40.8 Å². The molecule has 6 nitrogen and oxygen atoms in total. The van der Waals surface area contributed by atoms with Crippen LogP contribution in [0.4, 0.5) is 23.1 Å². The van der Waals surface area contributed by atoms with Crippen LogP contribution in [0.15, 0.2) is 33.3 Å². The molecule has 4 N–H and O–H groups in total. The molecule has 1 aliphatic rings. The Bertz CT molecular complexity index is 665. The summed E-state index contributed by atoms with van der Waals surface area (Å²) < 4.78 is 2.13. The Kier molecular flexibility index (Phi) is 4.39. The third-order valence-electron chi connectivity index (χ3n) is 3.65. The smallest absolute Gasteiger partial charge is 0.222 e. The van der Waals surface area contributed by atoms with Gasteiger partial charge in [-0.05, 0) is 18.2 Å². The molecular formula is C14H16Br2N6. The van der Waals surface area contributed by atoms with Gasteiger partial charge < -0.3 is 21.3 Å². The highest BCUT2D eigenvalue weighted by atomic mass is 79.9. The number of nitrogens with zero attached hydrogens (tertiary/aromatic N) is 4. The summed E-state index contributed by atoms with van der Waals surface area (Å²) >= 11 is 7.06. The van der Waals surface area contributed by atoms with E-state index in [0.29, 0.717) is 5.82 Å². The van der Waals surface area contributed by atoms with Gasteiger partial charge in [0.05, 0.1) is 11.9 Å². The fraction of sp³-hybridized carbons (Fsp3) is 0.286. The highest BCUT2D eigenvalue weighted by molar-refractivity contribution is 9.11. The lowest BCUT2D eigenvalue weighted by Gasteiger charge is -2.37. The number of rotatable bonds is 2. The summed E-state index contributed by atoms with van der Waals surface area (Å²) in [5.74, 6) is 0.644. The lowest BCUT2D eigenvalue weighted by Crippen LogP contribution is -2.46. The Labute approximate surface area is 145 Å². The van der Waals surface area contributed by atoms with E-state index in [1.54, 1.807) is 6.20 Å². The van der Waals surface area contributed by atoms with E-state index < -0.39 is 0 Å². The highest BCUT2D eigenvalue weighted by Crippen LogP contribution is 2.28. The molecular weight excluding hydrogens is 412 g/mol. The van der Waals surface area contributed by atoms with Crippen molar-refractivity contribution in [2.75, 3.05) is 47.4 Å². The monoisotopic (exact) mass is 426 g/mol. The zero-order valence-corrected chi connectivity index (χ0v) is 15.0. The van der Waals surface area contributed by atoms with Crippen molar-refractivity contribution in [1.29, 1.82) is 0 Å². The van der Waals surface area contributed by atoms with Crippen LogP contribution < -0.4 is 21.3 Å². The maximum absolute atomic E-state index is 5.94. The van der Waals surface area contributed by atoms with Crippen LogP contribution in [0, 0.1) is 0 Å². The van der Waals surface area contributed by atoms with Crippen molar-refractivity contribution in [2.24, 2.45) is 0 Å². The Morgan fingerprint density at radius 1 is 0.909 bits per heavy atom. The molecule has 22 heavy (non-hydrogen) atoms. The van der Waals surface area contributed by atoms with Crippen molar-refractivity contribution in [3.8, 4) is 0 Å². The topological polar surface area (TPSA) is 84.3 Å². The fourth-order valence-electron chi connectivity index (χ4n) is 2.57. The van der Waals surface area contributed by atoms with Gasteiger partial charge in [-0.1, -0.05) is 31.9 Å².